The van der Waals surface area contributed by atoms with Crippen LogP contribution in [0.1, 0.15) is 10.4 Å². The van der Waals surface area contributed by atoms with Crippen LogP contribution in [-0.2, 0) is 4.79 Å². The molecule has 9 nitrogen and oxygen atoms in total. The number of halogens is 4. The molecular formula is C35H30F4N6O3S. The van der Waals surface area contributed by atoms with Gasteiger partial charge in [0.15, 0.2) is 11.6 Å². The average molecular weight is 691 g/mol. The van der Waals surface area contributed by atoms with Crippen molar-refractivity contribution in [3.63, 3.8) is 0 Å². The van der Waals surface area contributed by atoms with Crippen LogP contribution in [0.25, 0.3) is 20.7 Å². The first-order chi connectivity index (χ1) is 23.5. The number of carbonyl (C=O) groups is 2. The van der Waals surface area contributed by atoms with Crippen molar-refractivity contribution in [1.29, 1.82) is 5.41 Å². The number of alkyl halides is 3. The molecule has 252 valence electrons. The molecule has 0 aliphatic carbocycles. The molecule has 0 atom stereocenters. The Labute approximate surface area is 282 Å². The highest BCUT2D eigenvalue weighted by Gasteiger charge is 2.38. The summed E-state index contributed by atoms with van der Waals surface area (Å²) >= 11 is 1.36. The molecule has 0 radical (unpaired) electrons. The smallest absolute Gasteiger partial charge is 0.432 e. The molecule has 3 aromatic carbocycles. The van der Waals surface area contributed by atoms with E-state index >= 15 is 4.39 Å². The first-order valence-electron chi connectivity index (χ1n) is 14.8. The zero-order valence-electron chi connectivity index (χ0n) is 26.2. The summed E-state index contributed by atoms with van der Waals surface area (Å²) < 4.78 is 63.4. The number of amides is 2. The number of carbonyl (C=O) groups excluding carboxylic acids is 2. The number of nitrogens with zero attached hydrogens (tertiary/aromatic N) is 2. The maximum Gasteiger partial charge on any atom is 0.432 e. The van der Waals surface area contributed by atoms with E-state index < -0.39 is 29.2 Å². The molecule has 0 spiro atoms. The highest BCUT2D eigenvalue weighted by molar-refractivity contribution is 7.22. The highest BCUT2D eigenvalue weighted by atomic mass is 32.1. The number of hydrogen-bond acceptors (Lipinski definition) is 8. The molecule has 0 aliphatic rings. The van der Waals surface area contributed by atoms with Crippen LogP contribution in [0.2, 0.25) is 0 Å². The monoisotopic (exact) mass is 690 g/mol. The van der Waals surface area contributed by atoms with E-state index in [2.05, 4.69) is 20.9 Å². The topological polar surface area (TPSA) is 119 Å². The van der Waals surface area contributed by atoms with Crippen LogP contribution < -0.4 is 20.7 Å². The number of nitrogens with one attached hydrogen (secondary N) is 4. The molecule has 2 heterocycles. The number of thiophene rings is 1. The minimum absolute atomic E-state index is 0.0614. The van der Waals surface area contributed by atoms with Crippen LogP contribution in [0, 0.1) is 11.2 Å². The van der Waals surface area contributed by atoms with Gasteiger partial charge < -0.3 is 31.0 Å². The molecule has 49 heavy (non-hydrogen) atoms. The van der Waals surface area contributed by atoms with Gasteiger partial charge in [0.05, 0.1) is 15.8 Å². The number of fused-ring (bicyclic) bond motifs is 1. The number of para-hydroxylation sites is 1. The molecule has 5 rings (SSSR count). The quantitative estimate of drug-likeness (QED) is 0.0605. The molecule has 4 N–H and O–H groups in total. The van der Waals surface area contributed by atoms with Gasteiger partial charge in [-0.25, -0.2) is 4.39 Å². The molecule has 14 heteroatoms. The standard InChI is InChI=1S/C35H30F4N6O3S/c1-41-16-17-45(2)34(47)22-10-8-21(9-11-22)30-19-27-31(49-30)29(14-15-42-27)48-28-13-12-24(18-26(28)36)44-33(46)25(20-40)32(35(37,38)39)43-23-6-4-3-5-7-23/h3-15,18-20,40-41,43H,16-17H2,1-2H3,(H,44,46)/b32-25+,40-20?. The number of benzene rings is 3. The molecule has 0 aliphatic heterocycles. The van der Waals surface area contributed by atoms with Crippen LogP contribution >= 0.6 is 11.3 Å². The first kappa shape index (κ1) is 34.7. The number of aromatic nitrogens is 1. The molecule has 0 fully saturated rings. The summed E-state index contributed by atoms with van der Waals surface area (Å²) in [7, 11) is 3.56. The Kier molecular flexibility index (Phi) is 10.7. The summed E-state index contributed by atoms with van der Waals surface area (Å²) in [6, 6.07) is 21.4. The van der Waals surface area contributed by atoms with E-state index in [1.54, 1.807) is 36.2 Å². The Morgan fingerprint density at radius 1 is 0.959 bits per heavy atom. The van der Waals surface area contributed by atoms with E-state index in [-0.39, 0.29) is 29.2 Å². The molecule has 2 amide bonds. The lowest BCUT2D eigenvalue weighted by molar-refractivity contribution is -0.114. The van der Waals surface area contributed by atoms with Crippen molar-refractivity contribution in [2.24, 2.45) is 0 Å². The Bertz CT molecular complexity index is 2010. The molecule has 0 bridgehead atoms. The SMILES string of the molecule is CNCCN(C)C(=O)c1ccc(-c2cc3nccc(Oc4ccc(NC(=O)/C(C=N)=C(/Nc5ccccc5)C(F)(F)F)cc4F)c3s2)cc1. The van der Waals surface area contributed by atoms with Gasteiger partial charge in [0.25, 0.3) is 11.8 Å². The van der Waals surface area contributed by atoms with E-state index in [1.165, 1.54) is 53.9 Å². The second-order valence-corrected chi connectivity index (χ2v) is 11.7. The van der Waals surface area contributed by atoms with Gasteiger partial charge >= 0.3 is 6.18 Å². The fraction of sp³-hybridized carbons (Fsp3) is 0.143. The molecule has 0 saturated heterocycles. The maximum absolute atomic E-state index is 15.2. The van der Waals surface area contributed by atoms with E-state index in [9.17, 15) is 22.8 Å². The van der Waals surface area contributed by atoms with Gasteiger partial charge in [-0.3, -0.25) is 14.6 Å². The minimum Gasteiger partial charge on any atom is -0.453 e. The lowest BCUT2D eigenvalue weighted by atomic mass is 10.1. The minimum atomic E-state index is -4.99. The van der Waals surface area contributed by atoms with Crippen molar-refractivity contribution >= 4 is 51.0 Å². The predicted molar refractivity (Wildman–Crippen MR) is 183 cm³/mol. The van der Waals surface area contributed by atoms with Crippen LogP contribution in [0.4, 0.5) is 28.9 Å². The maximum atomic E-state index is 15.2. The van der Waals surface area contributed by atoms with Crippen molar-refractivity contribution in [3.05, 3.63) is 114 Å². The summed E-state index contributed by atoms with van der Waals surface area (Å²) in [4.78, 5) is 32.4. The third-order valence-corrected chi connectivity index (χ3v) is 8.42. The number of pyridine rings is 1. The molecule has 2 aromatic heterocycles. The van der Waals surface area contributed by atoms with Gasteiger partial charge in [-0.1, -0.05) is 30.3 Å². The van der Waals surface area contributed by atoms with Gasteiger partial charge in [0, 0.05) is 66.5 Å². The molecule has 5 aromatic rings. The summed E-state index contributed by atoms with van der Waals surface area (Å²) in [5.74, 6) is -2.14. The number of ether oxygens (including phenoxy) is 1. The molecule has 0 saturated carbocycles. The average Bonchev–Trinajstić information content (AvgIpc) is 3.53. The summed E-state index contributed by atoms with van der Waals surface area (Å²) in [5, 5.41) is 14.9. The third-order valence-electron chi connectivity index (χ3n) is 7.23. The van der Waals surface area contributed by atoms with Crippen molar-refractivity contribution in [2.45, 2.75) is 6.18 Å². The zero-order valence-corrected chi connectivity index (χ0v) is 27.0. The van der Waals surface area contributed by atoms with Gasteiger partial charge in [-0.2, -0.15) is 13.2 Å². The van der Waals surface area contributed by atoms with Gasteiger partial charge in [0.1, 0.15) is 11.4 Å². The largest absolute Gasteiger partial charge is 0.453 e. The number of allylic oxidation sites excluding steroid dienone is 1. The Hall–Kier alpha value is -5.60. The second kappa shape index (κ2) is 15.1. The zero-order chi connectivity index (χ0) is 35.1. The lowest BCUT2D eigenvalue weighted by Gasteiger charge is -2.17. The van der Waals surface area contributed by atoms with Gasteiger partial charge in [-0.05, 0) is 55.1 Å². The highest BCUT2D eigenvalue weighted by Crippen LogP contribution is 2.40. The normalized spacial score (nSPS) is 11.9. The second-order valence-electron chi connectivity index (χ2n) is 10.7. The Morgan fingerprint density at radius 2 is 1.69 bits per heavy atom. The lowest BCUT2D eigenvalue weighted by Crippen LogP contribution is -2.32. The van der Waals surface area contributed by atoms with Gasteiger partial charge in [0.2, 0.25) is 0 Å². The van der Waals surface area contributed by atoms with Crippen LogP contribution in [0.3, 0.4) is 0 Å². The molecule has 0 unspecified atom stereocenters. The predicted octanol–water partition coefficient (Wildman–Crippen LogP) is 7.70. The molecular weight excluding hydrogens is 660 g/mol. The van der Waals surface area contributed by atoms with E-state index in [1.807, 2.05) is 25.2 Å². The number of likely N-dealkylation sites (N-methyl/N-ethyl adjacent to an activating group) is 2. The first-order valence-corrected chi connectivity index (χ1v) is 15.6. The van der Waals surface area contributed by atoms with Gasteiger partial charge in [-0.15, -0.1) is 11.3 Å². The van der Waals surface area contributed by atoms with E-state index in [0.717, 1.165) is 16.5 Å². The van der Waals surface area contributed by atoms with E-state index in [4.69, 9.17) is 10.1 Å². The summed E-state index contributed by atoms with van der Waals surface area (Å²) in [6.07, 6.45) is -3.20. The number of hydrogen-bond donors (Lipinski definition) is 4. The summed E-state index contributed by atoms with van der Waals surface area (Å²) in [5.41, 5.74) is -0.528. The van der Waals surface area contributed by atoms with Crippen LogP contribution in [0.15, 0.2) is 102 Å². The van der Waals surface area contributed by atoms with Crippen molar-refractivity contribution in [1.82, 2.24) is 15.2 Å². The Morgan fingerprint density at radius 3 is 2.35 bits per heavy atom. The van der Waals surface area contributed by atoms with Crippen molar-refractivity contribution in [3.8, 4) is 21.9 Å². The van der Waals surface area contributed by atoms with Crippen LogP contribution in [0.5, 0.6) is 11.5 Å². The van der Waals surface area contributed by atoms with Crippen molar-refractivity contribution in [2.75, 3.05) is 37.8 Å². The van der Waals surface area contributed by atoms with E-state index in [0.29, 0.717) is 34.6 Å². The summed E-state index contributed by atoms with van der Waals surface area (Å²) in [6.45, 7) is 1.24. The fourth-order valence-corrected chi connectivity index (χ4v) is 5.77. The Balaban J connectivity index is 1.33. The number of anilines is 2. The fourth-order valence-electron chi connectivity index (χ4n) is 4.70. The third kappa shape index (κ3) is 8.28. The number of rotatable bonds is 12. The van der Waals surface area contributed by atoms with Crippen LogP contribution in [-0.4, -0.2) is 61.3 Å². The van der Waals surface area contributed by atoms with Crippen molar-refractivity contribution < 1.29 is 31.9 Å².